The summed E-state index contributed by atoms with van der Waals surface area (Å²) in [4.78, 5) is 0. The van der Waals surface area contributed by atoms with E-state index in [0.717, 1.165) is 0 Å². The van der Waals surface area contributed by atoms with Crippen molar-refractivity contribution in [1.29, 1.82) is 0 Å². The van der Waals surface area contributed by atoms with Crippen molar-refractivity contribution < 1.29 is 0 Å². The highest BCUT2D eigenvalue weighted by Gasteiger charge is 2.13. The zero-order valence-corrected chi connectivity index (χ0v) is 8.67. The van der Waals surface area contributed by atoms with Crippen LogP contribution in [0.15, 0.2) is 36.9 Å². The van der Waals surface area contributed by atoms with Crippen molar-refractivity contribution in [3.05, 3.63) is 53.6 Å². The Kier molecular flexibility index (Phi) is 2.12. The monoisotopic (exact) mass is 182 g/mol. The van der Waals surface area contributed by atoms with Gasteiger partial charge < -0.3 is 0 Å². The fourth-order valence-corrected chi connectivity index (χ4v) is 1.98. The Morgan fingerprint density at radius 2 is 1.57 bits per heavy atom. The van der Waals surface area contributed by atoms with Crippen LogP contribution in [0.4, 0.5) is 0 Å². The molecule has 0 heteroatoms. The second kappa shape index (κ2) is 3.30. The van der Waals surface area contributed by atoms with Crippen molar-refractivity contribution in [2.75, 3.05) is 0 Å². The summed E-state index contributed by atoms with van der Waals surface area (Å²) in [6.45, 7) is 8.21. The Hall–Kier alpha value is -1.56. The van der Waals surface area contributed by atoms with Gasteiger partial charge in [-0.2, -0.15) is 0 Å². The lowest BCUT2D eigenvalue weighted by molar-refractivity contribution is 1.40. The minimum absolute atomic E-state index is 1.27. The third-order valence-electron chi connectivity index (χ3n) is 2.90. The largest absolute Gasteiger partial charge is 0.0984 e. The number of hydrogen-bond donors (Lipinski definition) is 0. The molecule has 0 N–H and O–H groups in total. The summed E-state index contributed by atoms with van der Waals surface area (Å²) in [5.41, 5.74) is 6.63. The first-order valence-electron chi connectivity index (χ1n) is 4.86. The summed E-state index contributed by atoms with van der Waals surface area (Å²) >= 11 is 0. The zero-order chi connectivity index (χ0) is 10.1. The molecule has 0 aromatic carbocycles. The van der Waals surface area contributed by atoms with Gasteiger partial charge in [0.05, 0.1) is 0 Å². The Labute approximate surface area is 85.2 Å². The van der Waals surface area contributed by atoms with Crippen LogP contribution in [0.3, 0.4) is 0 Å². The molecule has 0 aromatic rings. The average Bonchev–Trinajstić information content (AvgIpc) is 2.40. The lowest BCUT2D eigenvalue weighted by Gasteiger charge is -1.94. The van der Waals surface area contributed by atoms with E-state index in [9.17, 15) is 0 Å². The van der Waals surface area contributed by atoms with Crippen LogP contribution in [0.1, 0.15) is 16.7 Å². The molecule has 0 radical (unpaired) electrons. The topological polar surface area (TPSA) is 0 Å². The summed E-state index contributed by atoms with van der Waals surface area (Å²) in [6, 6.07) is 10.6. The second-order valence-corrected chi connectivity index (χ2v) is 3.61. The maximum absolute atomic E-state index is 3.88. The lowest BCUT2D eigenvalue weighted by atomic mass is 10.1. The van der Waals surface area contributed by atoms with Gasteiger partial charge >= 0.3 is 0 Å². The molecule has 0 spiro atoms. The SMILES string of the molecule is C=Cc1c2cccccc-2c(C)c1C. The van der Waals surface area contributed by atoms with Gasteiger partial charge in [-0.25, -0.2) is 0 Å². The molecule has 14 heavy (non-hydrogen) atoms. The van der Waals surface area contributed by atoms with Crippen LogP contribution in [0.5, 0.6) is 0 Å². The molecule has 0 saturated carbocycles. The van der Waals surface area contributed by atoms with Gasteiger partial charge in [-0.15, -0.1) is 0 Å². The van der Waals surface area contributed by atoms with Crippen molar-refractivity contribution in [3.8, 4) is 11.1 Å². The van der Waals surface area contributed by atoms with Crippen molar-refractivity contribution >= 4 is 6.08 Å². The van der Waals surface area contributed by atoms with Crippen LogP contribution < -0.4 is 0 Å². The van der Waals surface area contributed by atoms with Gasteiger partial charge in [0.15, 0.2) is 0 Å². The fraction of sp³-hybridized carbons (Fsp3) is 0.143. The van der Waals surface area contributed by atoms with E-state index in [0.29, 0.717) is 0 Å². The Morgan fingerprint density at radius 3 is 2.21 bits per heavy atom. The molecule has 0 unspecified atom stereocenters. The summed E-state index contributed by atoms with van der Waals surface area (Å²) < 4.78 is 0. The number of fused-ring (bicyclic) bond motifs is 1. The normalized spacial score (nSPS) is 10.4. The molecule has 0 bridgehead atoms. The zero-order valence-electron chi connectivity index (χ0n) is 8.67. The highest BCUT2D eigenvalue weighted by Crippen LogP contribution is 2.35. The Balaban J connectivity index is 2.87. The molecule has 0 heterocycles. The molecule has 0 atom stereocenters. The predicted octanol–water partition coefficient (Wildman–Crippen LogP) is 4.05. The summed E-state index contributed by atoms with van der Waals surface area (Å²) in [7, 11) is 0. The van der Waals surface area contributed by atoms with Gasteiger partial charge in [0.1, 0.15) is 0 Å². The average molecular weight is 182 g/mol. The molecule has 0 fully saturated rings. The Bertz CT molecular complexity index is 452. The van der Waals surface area contributed by atoms with Gasteiger partial charge in [-0.3, -0.25) is 0 Å². The standard InChI is InChI=1S/C14H14/c1-4-12-10(2)11(3)13-8-6-5-7-9-14(12)13/h4-9H,1H2,2-3H3. The van der Waals surface area contributed by atoms with Crippen LogP contribution in [0.25, 0.3) is 17.2 Å². The van der Waals surface area contributed by atoms with E-state index >= 15 is 0 Å². The molecule has 70 valence electrons. The first kappa shape index (κ1) is 9.01. The highest BCUT2D eigenvalue weighted by atomic mass is 14.2. The molecule has 0 aliphatic heterocycles. The van der Waals surface area contributed by atoms with E-state index in [1.807, 2.05) is 6.08 Å². The van der Waals surface area contributed by atoms with Crippen LogP contribution >= 0.6 is 0 Å². The molecule has 0 amide bonds. The third-order valence-corrected chi connectivity index (χ3v) is 2.90. The van der Waals surface area contributed by atoms with E-state index in [1.165, 1.54) is 27.8 Å². The van der Waals surface area contributed by atoms with Gasteiger partial charge in [0.25, 0.3) is 0 Å². The molecule has 2 rings (SSSR count). The second-order valence-electron chi connectivity index (χ2n) is 3.61. The van der Waals surface area contributed by atoms with Gasteiger partial charge in [-0.05, 0) is 41.7 Å². The molecule has 0 aromatic heterocycles. The lowest BCUT2D eigenvalue weighted by Crippen LogP contribution is -1.72. The van der Waals surface area contributed by atoms with Gasteiger partial charge in [-0.1, -0.05) is 43.0 Å². The van der Waals surface area contributed by atoms with Gasteiger partial charge in [0.2, 0.25) is 0 Å². The van der Waals surface area contributed by atoms with Crippen molar-refractivity contribution in [2.45, 2.75) is 13.8 Å². The fourth-order valence-electron chi connectivity index (χ4n) is 1.98. The molecule has 2 aliphatic carbocycles. The minimum atomic E-state index is 1.27. The maximum Gasteiger partial charge on any atom is -0.0106 e. The van der Waals surface area contributed by atoms with Crippen LogP contribution in [-0.4, -0.2) is 0 Å². The maximum atomic E-state index is 3.88. The van der Waals surface area contributed by atoms with Crippen LogP contribution in [-0.2, 0) is 0 Å². The van der Waals surface area contributed by atoms with Crippen molar-refractivity contribution in [2.24, 2.45) is 0 Å². The smallest absolute Gasteiger partial charge is 0.0106 e. The first-order chi connectivity index (χ1) is 6.75. The Morgan fingerprint density at radius 1 is 0.929 bits per heavy atom. The molecular weight excluding hydrogens is 168 g/mol. The van der Waals surface area contributed by atoms with Crippen molar-refractivity contribution in [3.63, 3.8) is 0 Å². The van der Waals surface area contributed by atoms with Crippen molar-refractivity contribution in [1.82, 2.24) is 0 Å². The van der Waals surface area contributed by atoms with E-state index in [-0.39, 0.29) is 0 Å². The number of hydrogen-bond acceptors (Lipinski definition) is 0. The highest BCUT2D eigenvalue weighted by molar-refractivity contribution is 5.83. The molecular formula is C14H14. The van der Waals surface area contributed by atoms with Crippen LogP contribution in [0, 0.1) is 13.8 Å². The summed E-state index contributed by atoms with van der Waals surface area (Å²) in [5.74, 6) is 0. The molecule has 0 nitrogen and oxygen atoms in total. The first-order valence-corrected chi connectivity index (χ1v) is 4.86. The van der Waals surface area contributed by atoms with Gasteiger partial charge in [0, 0.05) is 0 Å². The summed E-state index contributed by atoms with van der Waals surface area (Å²) in [6.07, 6.45) is 1.95. The van der Waals surface area contributed by atoms with E-state index in [1.54, 1.807) is 0 Å². The van der Waals surface area contributed by atoms with E-state index in [4.69, 9.17) is 0 Å². The van der Waals surface area contributed by atoms with E-state index < -0.39 is 0 Å². The molecule has 2 aliphatic rings. The van der Waals surface area contributed by atoms with E-state index in [2.05, 4.69) is 50.8 Å². The summed E-state index contributed by atoms with van der Waals surface area (Å²) in [5, 5.41) is 0. The third kappa shape index (κ3) is 1.15. The quantitative estimate of drug-likeness (QED) is 0.624. The minimum Gasteiger partial charge on any atom is -0.0984 e. The molecule has 0 saturated heterocycles. The predicted molar refractivity (Wildman–Crippen MR) is 62.6 cm³/mol. The number of rotatable bonds is 1. The van der Waals surface area contributed by atoms with Crippen LogP contribution in [0.2, 0.25) is 0 Å².